The monoisotopic (exact) mass is 479 g/mol. The summed E-state index contributed by atoms with van der Waals surface area (Å²) in [5.74, 6) is 1.16. The molecule has 32 heavy (non-hydrogen) atoms. The largest absolute Gasteiger partial charge is 1.00 e. The number of nitrogens with zero attached hydrogens (tertiary/aromatic N) is 2. The zero-order chi connectivity index (χ0) is 23.0. The van der Waals surface area contributed by atoms with Gasteiger partial charge in [-0.2, -0.15) is 8.78 Å². The van der Waals surface area contributed by atoms with Gasteiger partial charge in [-0.05, 0) is 19.1 Å². The number of aromatic amines is 1. The van der Waals surface area contributed by atoms with Crippen molar-refractivity contribution in [2.45, 2.75) is 37.8 Å². The molecule has 0 saturated carbocycles. The number of alkyl halides is 2. The average Bonchev–Trinajstić information content (AvgIpc) is 3.17. The van der Waals surface area contributed by atoms with E-state index in [2.05, 4.69) is 19.7 Å². The minimum absolute atomic E-state index is 0. The number of carbonyl (C=O) groups is 1. The zero-order valence-electron chi connectivity index (χ0n) is 19.5. The van der Waals surface area contributed by atoms with Crippen LogP contribution in [0.4, 0.5) is 8.78 Å². The van der Waals surface area contributed by atoms with E-state index in [1.165, 1.54) is 38.6 Å². The Morgan fingerprint density at radius 3 is 2.50 bits per heavy atom. The number of ketones is 1. The molecule has 2 aromatic heterocycles. The van der Waals surface area contributed by atoms with Crippen molar-refractivity contribution in [1.82, 2.24) is 15.0 Å². The second-order valence-corrected chi connectivity index (χ2v) is 7.50. The topological polar surface area (TPSA) is 103 Å². The van der Waals surface area contributed by atoms with Crippen LogP contribution < -0.4 is 43.8 Å². The first kappa shape index (κ1) is 28.0. The van der Waals surface area contributed by atoms with E-state index in [4.69, 9.17) is 9.47 Å². The summed E-state index contributed by atoms with van der Waals surface area (Å²) in [6.07, 6.45) is 2.19. The number of benzene rings is 1. The van der Waals surface area contributed by atoms with E-state index in [0.29, 0.717) is 34.6 Å². The van der Waals surface area contributed by atoms with Crippen LogP contribution >= 0.6 is 0 Å². The molecular weight excluding hydrogens is 455 g/mol. The molecule has 1 atom stereocenters. The number of H-pyrrole nitrogens is 1. The molecule has 1 aromatic carbocycles. The van der Waals surface area contributed by atoms with Crippen molar-refractivity contribution in [3.05, 3.63) is 36.2 Å². The standard InChI is InChI=1S/C16H15F2N3O4S.C4H8O.Na.H/c1-23-13-5-6-19-12(14(13)24-2)8-26(22)16-20-10-4-3-9(25-15(17)18)7-11(10)21-16;1-3-4(2)5;;/h3-7,15H,8H2,1-2H3,(H,20,21);3H2,1-2H3;;/q;;+1;-1. The molecule has 12 heteroatoms. The molecular formula is C20H24F2N3NaO5S. The molecule has 170 valence electrons. The average molecular weight is 479 g/mol. The molecule has 8 nitrogen and oxygen atoms in total. The van der Waals surface area contributed by atoms with Gasteiger partial charge in [-0.15, -0.1) is 0 Å². The van der Waals surface area contributed by atoms with E-state index in [1.54, 1.807) is 13.0 Å². The van der Waals surface area contributed by atoms with E-state index in [-0.39, 0.29) is 53.4 Å². The number of carbonyl (C=O) groups excluding carboxylic acids is 1. The predicted molar refractivity (Wildman–Crippen MR) is 112 cm³/mol. The number of nitrogens with one attached hydrogen (secondary N) is 1. The Kier molecular flexibility index (Phi) is 11.8. The van der Waals surface area contributed by atoms with Crippen LogP contribution in [0.15, 0.2) is 35.6 Å². The Morgan fingerprint density at radius 2 is 1.94 bits per heavy atom. The SMILES string of the molecule is CCC(C)=O.COc1ccnc(CS(=O)c2nc3ccc(OC(F)F)cc3[nH]2)c1OC.[H-].[Na+]. The molecule has 0 saturated heterocycles. The van der Waals surface area contributed by atoms with Gasteiger partial charge < -0.3 is 25.4 Å². The van der Waals surface area contributed by atoms with Gasteiger partial charge in [0, 0.05) is 24.8 Å². The number of imidazole rings is 1. The molecule has 0 aliphatic carbocycles. The maximum atomic E-state index is 12.6. The Balaban J connectivity index is 0.00000133. The Labute approximate surface area is 210 Å². The van der Waals surface area contributed by atoms with Crippen LogP contribution in [0.25, 0.3) is 11.0 Å². The number of hydrogen-bond donors (Lipinski definition) is 1. The van der Waals surface area contributed by atoms with Crippen LogP contribution in [0.2, 0.25) is 0 Å². The van der Waals surface area contributed by atoms with Crippen molar-refractivity contribution in [2.75, 3.05) is 14.2 Å². The minimum Gasteiger partial charge on any atom is -1.00 e. The second kappa shape index (κ2) is 13.5. The van der Waals surface area contributed by atoms with Crippen LogP contribution in [-0.2, 0) is 21.3 Å². The normalized spacial score (nSPS) is 11.2. The van der Waals surface area contributed by atoms with Crippen molar-refractivity contribution in [1.29, 1.82) is 0 Å². The van der Waals surface area contributed by atoms with Gasteiger partial charge >= 0.3 is 36.2 Å². The van der Waals surface area contributed by atoms with Gasteiger partial charge in [0.05, 0.1) is 47.5 Å². The quantitative estimate of drug-likeness (QED) is 0.481. The van der Waals surface area contributed by atoms with Gasteiger partial charge in [-0.25, -0.2) is 4.98 Å². The first-order valence-electron chi connectivity index (χ1n) is 9.17. The number of halogens is 2. The maximum absolute atomic E-state index is 12.6. The first-order chi connectivity index (χ1) is 14.8. The van der Waals surface area contributed by atoms with Gasteiger partial charge in [-0.1, -0.05) is 6.92 Å². The Morgan fingerprint density at radius 1 is 1.25 bits per heavy atom. The molecule has 1 N–H and O–H groups in total. The fourth-order valence-corrected chi connectivity index (χ4v) is 3.41. The summed E-state index contributed by atoms with van der Waals surface area (Å²) in [4.78, 5) is 21.1. The number of hydrogen-bond acceptors (Lipinski definition) is 7. The first-order valence-corrected chi connectivity index (χ1v) is 10.5. The number of fused-ring (bicyclic) bond motifs is 1. The fourth-order valence-electron chi connectivity index (χ4n) is 2.40. The van der Waals surface area contributed by atoms with Crippen molar-refractivity contribution in [3.63, 3.8) is 0 Å². The molecule has 0 fully saturated rings. The fraction of sp³-hybridized carbons (Fsp3) is 0.350. The molecule has 0 amide bonds. The molecule has 0 aliphatic heterocycles. The number of pyridine rings is 1. The third-order valence-corrected chi connectivity index (χ3v) is 5.16. The molecule has 2 heterocycles. The van der Waals surface area contributed by atoms with Crippen LogP contribution in [-0.4, -0.2) is 45.8 Å². The predicted octanol–water partition coefficient (Wildman–Crippen LogP) is 0.986. The molecule has 0 radical (unpaired) electrons. The number of ether oxygens (including phenoxy) is 3. The number of methoxy groups -OCH3 is 2. The summed E-state index contributed by atoms with van der Waals surface area (Å²) in [5.41, 5.74) is 1.38. The summed E-state index contributed by atoms with van der Waals surface area (Å²) in [6.45, 7) is 0.512. The smallest absolute Gasteiger partial charge is 1.00 e. The van der Waals surface area contributed by atoms with Crippen molar-refractivity contribution >= 4 is 27.6 Å². The van der Waals surface area contributed by atoms with Gasteiger partial charge in [-0.3, -0.25) is 9.19 Å². The van der Waals surface area contributed by atoms with E-state index >= 15 is 0 Å². The molecule has 1 unspecified atom stereocenters. The van der Waals surface area contributed by atoms with Gasteiger partial charge in [0.15, 0.2) is 16.7 Å². The van der Waals surface area contributed by atoms with Crippen LogP contribution in [0.5, 0.6) is 17.2 Å². The van der Waals surface area contributed by atoms with Crippen LogP contribution in [0.3, 0.4) is 0 Å². The minimum atomic E-state index is -2.92. The third-order valence-electron chi connectivity index (χ3n) is 4.00. The molecule has 3 aromatic rings. The Bertz CT molecular complexity index is 1070. The van der Waals surface area contributed by atoms with Gasteiger partial charge in [0.1, 0.15) is 11.5 Å². The van der Waals surface area contributed by atoms with Crippen molar-refractivity contribution in [2.24, 2.45) is 0 Å². The summed E-state index contributed by atoms with van der Waals surface area (Å²) in [6, 6.07) is 5.89. The second-order valence-electron chi connectivity index (χ2n) is 6.14. The van der Waals surface area contributed by atoms with E-state index in [9.17, 15) is 17.8 Å². The van der Waals surface area contributed by atoms with Crippen LogP contribution in [0.1, 0.15) is 27.4 Å². The summed E-state index contributed by atoms with van der Waals surface area (Å²) in [5, 5.41) is 0.195. The van der Waals surface area contributed by atoms with Gasteiger partial charge in [0.2, 0.25) is 0 Å². The summed E-state index contributed by atoms with van der Waals surface area (Å²) < 4.78 is 52.1. The molecule has 3 rings (SSSR count). The van der Waals surface area contributed by atoms with E-state index < -0.39 is 17.4 Å². The summed E-state index contributed by atoms with van der Waals surface area (Å²) >= 11 is 0. The molecule has 0 aliphatic rings. The number of aromatic nitrogens is 3. The van der Waals surface area contributed by atoms with Crippen molar-refractivity contribution < 1.29 is 63.0 Å². The molecule has 0 spiro atoms. The van der Waals surface area contributed by atoms with E-state index in [1.807, 2.05) is 6.92 Å². The Hall–Kier alpha value is -2.08. The molecule has 0 bridgehead atoms. The maximum Gasteiger partial charge on any atom is 1.00 e. The van der Waals surface area contributed by atoms with E-state index in [0.717, 1.165) is 0 Å². The summed E-state index contributed by atoms with van der Waals surface area (Å²) in [7, 11) is 1.41. The number of Topliss-reactive ketones (excluding diaryl/α,β-unsaturated/α-hetero) is 1. The number of rotatable bonds is 8. The van der Waals surface area contributed by atoms with Crippen LogP contribution in [0, 0.1) is 0 Å². The van der Waals surface area contributed by atoms with Gasteiger partial charge in [0.25, 0.3) is 0 Å². The third kappa shape index (κ3) is 7.80. The van der Waals surface area contributed by atoms with Crippen molar-refractivity contribution in [3.8, 4) is 17.2 Å². The zero-order valence-corrected chi connectivity index (χ0v) is 21.3.